The van der Waals surface area contributed by atoms with Crippen molar-refractivity contribution in [3.63, 3.8) is 0 Å². The molecule has 2 unspecified atom stereocenters. The van der Waals surface area contributed by atoms with Gasteiger partial charge in [0.25, 0.3) is 0 Å². The maximum Gasteiger partial charge on any atom is 0.125 e. The van der Waals surface area contributed by atoms with Crippen LogP contribution in [0, 0.1) is 11.8 Å². The predicted molar refractivity (Wildman–Crippen MR) is 107 cm³/mol. The first-order valence-corrected chi connectivity index (χ1v) is 9.32. The Morgan fingerprint density at radius 1 is 1.04 bits per heavy atom. The summed E-state index contributed by atoms with van der Waals surface area (Å²) in [7, 11) is 0. The van der Waals surface area contributed by atoms with E-state index in [2.05, 4.69) is 64.9 Å². The van der Waals surface area contributed by atoms with E-state index in [-0.39, 0.29) is 0 Å². The van der Waals surface area contributed by atoms with E-state index in [0.717, 1.165) is 31.0 Å². The molecule has 4 rings (SSSR count). The number of hydrogen-bond acceptors (Lipinski definition) is 3. The van der Waals surface area contributed by atoms with Gasteiger partial charge in [-0.3, -0.25) is 0 Å². The number of ether oxygens (including phenoxy) is 1. The maximum atomic E-state index is 5.99. The molecular formula is C23H24N2O. The molecule has 1 aromatic carbocycles. The van der Waals surface area contributed by atoms with Crippen LogP contribution in [-0.4, -0.2) is 18.1 Å². The molecule has 2 atom stereocenters. The van der Waals surface area contributed by atoms with Crippen molar-refractivity contribution in [3.05, 3.63) is 89.9 Å². The molecule has 3 heteroatoms. The summed E-state index contributed by atoms with van der Waals surface area (Å²) >= 11 is 0. The van der Waals surface area contributed by atoms with Crippen molar-refractivity contribution in [3.8, 4) is 0 Å². The van der Waals surface area contributed by atoms with Gasteiger partial charge in [-0.2, -0.15) is 0 Å². The van der Waals surface area contributed by atoms with E-state index in [4.69, 9.17) is 4.74 Å². The minimum Gasteiger partial charge on any atom is -0.494 e. The van der Waals surface area contributed by atoms with Crippen molar-refractivity contribution in [2.45, 2.75) is 12.8 Å². The fourth-order valence-corrected chi connectivity index (χ4v) is 3.52. The van der Waals surface area contributed by atoms with E-state index in [1.165, 1.54) is 11.1 Å². The summed E-state index contributed by atoms with van der Waals surface area (Å²) in [6.45, 7) is 1.57. The molecule has 0 aliphatic heterocycles. The molecule has 1 heterocycles. The third-order valence-electron chi connectivity index (χ3n) is 4.93. The standard InChI is InChI=1S/C23H24N2O/c1-2-7-20-16-21-17-22(12-11-19(21)10-9-18(20)6-1)26-15-5-14-25-23-8-3-4-13-24-23/h1-4,6-13,17,19,21H,5,14-16H2,(H,24,25). The Labute approximate surface area is 155 Å². The summed E-state index contributed by atoms with van der Waals surface area (Å²) in [4.78, 5) is 4.26. The molecule has 0 radical (unpaired) electrons. The fraction of sp³-hybridized carbons (Fsp3) is 0.261. The van der Waals surface area contributed by atoms with Gasteiger partial charge < -0.3 is 10.1 Å². The molecule has 1 N–H and O–H groups in total. The van der Waals surface area contributed by atoms with Crippen LogP contribution in [0.2, 0.25) is 0 Å². The van der Waals surface area contributed by atoms with E-state index in [1.807, 2.05) is 18.2 Å². The first-order valence-electron chi connectivity index (χ1n) is 9.32. The molecule has 132 valence electrons. The van der Waals surface area contributed by atoms with E-state index in [9.17, 15) is 0 Å². The lowest BCUT2D eigenvalue weighted by Gasteiger charge is -2.23. The Balaban J connectivity index is 1.29. The summed E-state index contributed by atoms with van der Waals surface area (Å²) in [5.41, 5.74) is 2.76. The normalized spacial score (nSPS) is 20.5. The molecular weight excluding hydrogens is 320 g/mol. The highest BCUT2D eigenvalue weighted by molar-refractivity contribution is 5.56. The second kappa shape index (κ2) is 8.05. The maximum absolute atomic E-state index is 5.99. The monoisotopic (exact) mass is 344 g/mol. The van der Waals surface area contributed by atoms with E-state index >= 15 is 0 Å². The van der Waals surface area contributed by atoms with Crippen molar-refractivity contribution in [1.29, 1.82) is 0 Å². The molecule has 0 amide bonds. The van der Waals surface area contributed by atoms with Crippen molar-refractivity contribution >= 4 is 11.9 Å². The van der Waals surface area contributed by atoms with Crippen LogP contribution in [0.3, 0.4) is 0 Å². The van der Waals surface area contributed by atoms with Gasteiger partial charge in [-0.05, 0) is 54.2 Å². The highest BCUT2D eigenvalue weighted by atomic mass is 16.5. The van der Waals surface area contributed by atoms with Gasteiger partial charge in [0.05, 0.1) is 6.61 Å². The van der Waals surface area contributed by atoms with Gasteiger partial charge in [0.2, 0.25) is 0 Å². The van der Waals surface area contributed by atoms with Crippen molar-refractivity contribution in [2.75, 3.05) is 18.5 Å². The van der Waals surface area contributed by atoms with Crippen LogP contribution in [0.1, 0.15) is 17.5 Å². The molecule has 2 aliphatic carbocycles. The molecule has 26 heavy (non-hydrogen) atoms. The number of pyridine rings is 1. The van der Waals surface area contributed by atoms with Crippen molar-refractivity contribution in [2.24, 2.45) is 11.8 Å². The summed E-state index contributed by atoms with van der Waals surface area (Å²) < 4.78 is 5.99. The Morgan fingerprint density at radius 2 is 1.92 bits per heavy atom. The number of nitrogens with one attached hydrogen (secondary N) is 1. The lowest BCUT2D eigenvalue weighted by molar-refractivity contribution is 0.217. The lowest BCUT2D eigenvalue weighted by Crippen LogP contribution is -2.15. The molecule has 0 spiro atoms. The molecule has 1 aromatic heterocycles. The van der Waals surface area contributed by atoms with Crippen molar-refractivity contribution in [1.82, 2.24) is 4.98 Å². The Kier molecular flexibility index (Phi) is 5.15. The number of aromatic nitrogens is 1. The number of hydrogen-bond donors (Lipinski definition) is 1. The minimum atomic E-state index is 0.459. The average Bonchev–Trinajstić information content (AvgIpc) is 2.87. The smallest absolute Gasteiger partial charge is 0.125 e. The first-order chi connectivity index (χ1) is 12.9. The SMILES string of the molecule is C1=CC2C=Cc3ccccc3CC2C=C1OCCCNc1ccccn1. The Hall–Kier alpha value is -2.81. The van der Waals surface area contributed by atoms with E-state index in [0.29, 0.717) is 18.4 Å². The third-order valence-corrected chi connectivity index (χ3v) is 4.93. The second-order valence-corrected chi connectivity index (χ2v) is 6.78. The number of rotatable bonds is 6. The number of allylic oxidation sites excluding steroid dienone is 4. The van der Waals surface area contributed by atoms with Crippen LogP contribution >= 0.6 is 0 Å². The van der Waals surface area contributed by atoms with Crippen molar-refractivity contribution < 1.29 is 4.74 Å². The molecule has 0 saturated carbocycles. The Bertz CT molecular complexity index is 823. The molecule has 2 aromatic rings. The van der Waals surface area contributed by atoms with Crippen LogP contribution < -0.4 is 5.32 Å². The molecule has 0 fully saturated rings. The zero-order valence-electron chi connectivity index (χ0n) is 14.8. The summed E-state index contributed by atoms with van der Waals surface area (Å²) in [6, 6.07) is 14.5. The number of nitrogens with zero attached hydrogens (tertiary/aromatic N) is 1. The first kappa shape index (κ1) is 16.6. The van der Waals surface area contributed by atoms with Crippen LogP contribution in [0.15, 0.2) is 78.7 Å². The highest BCUT2D eigenvalue weighted by Crippen LogP contribution is 2.32. The summed E-state index contributed by atoms with van der Waals surface area (Å²) in [5.74, 6) is 2.84. The van der Waals surface area contributed by atoms with Crippen LogP contribution in [0.4, 0.5) is 5.82 Å². The van der Waals surface area contributed by atoms with Crippen LogP contribution in [0.5, 0.6) is 0 Å². The number of anilines is 1. The number of fused-ring (bicyclic) bond motifs is 2. The zero-order chi connectivity index (χ0) is 17.6. The summed E-state index contributed by atoms with van der Waals surface area (Å²) in [5, 5.41) is 3.31. The van der Waals surface area contributed by atoms with Crippen LogP contribution in [-0.2, 0) is 11.2 Å². The van der Waals surface area contributed by atoms with Gasteiger partial charge in [-0.15, -0.1) is 0 Å². The summed E-state index contributed by atoms with van der Waals surface area (Å²) in [6.07, 6.45) is 15.1. The zero-order valence-corrected chi connectivity index (χ0v) is 14.8. The fourth-order valence-electron chi connectivity index (χ4n) is 3.52. The van der Waals surface area contributed by atoms with Gasteiger partial charge in [0.15, 0.2) is 0 Å². The quantitative estimate of drug-likeness (QED) is 0.760. The highest BCUT2D eigenvalue weighted by Gasteiger charge is 2.22. The van der Waals surface area contributed by atoms with Gasteiger partial charge in [-0.25, -0.2) is 4.98 Å². The van der Waals surface area contributed by atoms with Gasteiger partial charge in [0, 0.05) is 18.7 Å². The van der Waals surface area contributed by atoms with Gasteiger partial charge in [-0.1, -0.05) is 48.6 Å². The topological polar surface area (TPSA) is 34.1 Å². The van der Waals surface area contributed by atoms with E-state index < -0.39 is 0 Å². The largest absolute Gasteiger partial charge is 0.494 e. The Morgan fingerprint density at radius 3 is 2.85 bits per heavy atom. The second-order valence-electron chi connectivity index (χ2n) is 6.78. The minimum absolute atomic E-state index is 0.459. The van der Waals surface area contributed by atoms with Gasteiger partial charge in [0.1, 0.15) is 11.6 Å². The third kappa shape index (κ3) is 4.05. The van der Waals surface area contributed by atoms with E-state index in [1.54, 1.807) is 6.20 Å². The molecule has 0 bridgehead atoms. The van der Waals surface area contributed by atoms with Gasteiger partial charge >= 0.3 is 0 Å². The molecule has 2 aliphatic rings. The average molecular weight is 344 g/mol. The molecule has 0 saturated heterocycles. The lowest BCUT2D eigenvalue weighted by atomic mass is 9.84. The van der Waals surface area contributed by atoms with Crippen LogP contribution in [0.25, 0.3) is 6.08 Å². The number of benzene rings is 1. The molecule has 3 nitrogen and oxygen atoms in total. The predicted octanol–water partition coefficient (Wildman–Crippen LogP) is 4.86.